The first-order valence-electron chi connectivity index (χ1n) is 4.38. The molecule has 0 N–H and O–H groups in total. The molecule has 1 atom stereocenters. The molecule has 0 saturated carbocycles. The summed E-state index contributed by atoms with van der Waals surface area (Å²) in [6.07, 6.45) is 4.74. The van der Waals surface area contributed by atoms with E-state index in [1.807, 2.05) is 6.20 Å². The minimum absolute atomic E-state index is 0.349. The van der Waals surface area contributed by atoms with Gasteiger partial charge in [-0.2, -0.15) is 0 Å². The molecule has 1 unspecified atom stereocenters. The summed E-state index contributed by atoms with van der Waals surface area (Å²) in [4.78, 5) is 8.30. The van der Waals surface area contributed by atoms with Crippen molar-refractivity contribution in [2.24, 2.45) is 5.41 Å². The van der Waals surface area contributed by atoms with Crippen molar-refractivity contribution in [3.8, 4) is 0 Å². The number of nitrogens with zero attached hydrogens (tertiary/aromatic N) is 2. The van der Waals surface area contributed by atoms with Crippen LogP contribution in [-0.2, 0) is 6.42 Å². The number of aromatic nitrogens is 2. The van der Waals surface area contributed by atoms with E-state index in [9.17, 15) is 0 Å². The maximum atomic E-state index is 4.30. The number of hydrogen-bond donors (Lipinski definition) is 0. The highest BCUT2D eigenvalue weighted by molar-refractivity contribution is 5.33. The van der Waals surface area contributed by atoms with Crippen molar-refractivity contribution in [2.75, 3.05) is 0 Å². The third-order valence-electron chi connectivity index (χ3n) is 2.62. The van der Waals surface area contributed by atoms with Crippen LogP contribution in [0.25, 0.3) is 0 Å². The van der Waals surface area contributed by atoms with Crippen LogP contribution in [-0.4, -0.2) is 9.97 Å². The monoisotopic (exact) mass is 162 g/mol. The Morgan fingerprint density at radius 2 is 2.17 bits per heavy atom. The van der Waals surface area contributed by atoms with E-state index in [1.165, 1.54) is 11.3 Å². The van der Waals surface area contributed by atoms with Gasteiger partial charge in [0.1, 0.15) is 6.33 Å². The Morgan fingerprint density at radius 3 is 2.75 bits per heavy atom. The molecule has 1 aliphatic rings. The predicted octanol–water partition coefficient (Wildman–Crippen LogP) is 2.16. The SMILES string of the molecule is CC(C)(C)C1Cc2cncnc21. The van der Waals surface area contributed by atoms with Gasteiger partial charge in [0.2, 0.25) is 0 Å². The van der Waals surface area contributed by atoms with E-state index in [0.717, 1.165) is 6.42 Å². The van der Waals surface area contributed by atoms with E-state index in [2.05, 4.69) is 30.7 Å². The lowest BCUT2D eigenvalue weighted by atomic mass is 9.67. The second-order valence-corrected chi connectivity index (χ2v) is 4.56. The minimum Gasteiger partial charge on any atom is -0.245 e. The van der Waals surface area contributed by atoms with Gasteiger partial charge in [0, 0.05) is 12.1 Å². The Morgan fingerprint density at radius 1 is 1.42 bits per heavy atom. The second kappa shape index (κ2) is 2.28. The van der Waals surface area contributed by atoms with E-state index in [4.69, 9.17) is 0 Å². The zero-order valence-electron chi connectivity index (χ0n) is 7.83. The Hall–Kier alpha value is -0.920. The van der Waals surface area contributed by atoms with Gasteiger partial charge in [-0.25, -0.2) is 9.97 Å². The average Bonchev–Trinajstić information content (AvgIpc) is 1.88. The average molecular weight is 162 g/mol. The highest BCUT2D eigenvalue weighted by Crippen LogP contribution is 2.44. The van der Waals surface area contributed by atoms with Gasteiger partial charge in [0.15, 0.2) is 0 Å². The standard InChI is InChI=1S/C10H14N2/c1-10(2,3)8-4-7-5-11-6-12-9(7)8/h5-6,8H,4H2,1-3H3. The normalized spacial score (nSPS) is 21.4. The zero-order chi connectivity index (χ0) is 8.77. The maximum Gasteiger partial charge on any atom is 0.115 e. The minimum atomic E-state index is 0.349. The van der Waals surface area contributed by atoms with Crippen LogP contribution in [0.3, 0.4) is 0 Å². The molecule has 2 nitrogen and oxygen atoms in total. The van der Waals surface area contributed by atoms with Gasteiger partial charge in [0.05, 0.1) is 5.69 Å². The van der Waals surface area contributed by atoms with Gasteiger partial charge in [-0.15, -0.1) is 0 Å². The molecule has 0 fully saturated rings. The van der Waals surface area contributed by atoms with E-state index in [-0.39, 0.29) is 0 Å². The summed E-state index contributed by atoms with van der Waals surface area (Å²) in [6.45, 7) is 6.80. The molecule has 12 heavy (non-hydrogen) atoms. The van der Waals surface area contributed by atoms with Crippen LogP contribution >= 0.6 is 0 Å². The Bertz CT molecular complexity index is 299. The Balaban J connectivity index is 2.31. The zero-order valence-corrected chi connectivity index (χ0v) is 7.83. The molecule has 2 heteroatoms. The van der Waals surface area contributed by atoms with Gasteiger partial charge in [0.25, 0.3) is 0 Å². The van der Waals surface area contributed by atoms with Crippen molar-refractivity contribution in [3.05, 3.63) is 23.8 Å². The van der Waals surface area contributed by atoms with Crippen LogP contribution in [0.1, 0.15) is 37.9 Å². The quantitative estimate of drug-likeness (QED) is 0.584. The van der Waals surface area contributed by atoms with Gasteiger partial charge in [-0.05, 0) is 17.4 Å². The van der Waals surface area contributed by atoms with Gasteiger partial charge in [-0.3, -0.25) is 0 Å². The third kappa shape index (κ3) is 1.02. The Labute approximate surface area is 73.1 Å². The van der Waals surface area contributed by atoms with Crippen LogP contribution in [0.2, 0.25) is 0 Å². The fraction of sp³-hybridized carbons (Fsp3) is 0.600. The lowest BCUT2D eigenvalue weighted by Crippen LogP contribution is -2.30. The molecule has 1 aromatic heterocycles. The van der Waals surface area contributed by atoms with Crippen molar-refractivity contribution in [2.45, 2.75) is 33.1 Å². The number of fused-ring (bicyclic) bond motifs is 1. The molecule has 2 rings (SSSR count). The van der Waals surface area contributed by atoms with Crippen LogP contribution in [0.5, 0.6) is 0 Å². The van der Waals surface area contributed by atoms with E-state index >= 15 is 0 Å². The first kappa shape index (κ1) is 7.71. The third-order valence-corrected chi connectivity index (χ3v) is 2.62. The number of rotatable bonds is 0. The lowest BCUT2D eigenvalue weighted by molar-refractivity contribution is 0.283. The molecule has 1 aromatic rings. The second-order valence-electron chi connectivity index (χ2n) is 4.56. The fourth-order valence-electron chi connectivity index (χ4n) is 1.74. The van der Waals surface area contributed by atoms with Crippen LogP contribution < -0.4 is 0 Å². The molecule has 0 spiro atoms. The van der Waals surface area contributed by atoms with Crippen LogP contribution in [0, 0.1) is 5.41 Å². The fourth-order valence-corrected chi connectivity index (χ4v) is 1.74. The molecule has 0 aromatic carbocycles. The van der Waals surface area contributed by atoms with Crippen LogP contribution in [0.15, 0.2) is 12.5 Å². The highest BCUT2D eigenvalue weighted by Gasteiger charge is 2.36. The Kier molecular flexibility index (Phi) is 1.47. The van der Waals surface area contributed by atoms with Gasteiger partial charge in [-0.1, -0.05) is 20.8 Å². The summed E-state index contributed by atoms with van der Waals surface area (Å²) < 4.78 is 0. The highest BCUT2D eigenvalue weighted by atomic mass is 14.8. The van der Waals surface area contributed by atoms with Crippen LogP contribution in [0.4, 0.5) is 0 Å². The summed E-state index contributed by atoms with van der Waals surface area (Å²) >= 11 is 0. The molecule has 0 saturated heterocycles. The molecule has 64 valence electrons. The van der Waals surface area contributed by atoms with E-state index in [1.54, 1.807) is 6.33 Å². The van der Waals surface area contributed by atoms with Crippen molar-refractivity contribution >= 4 is 0 Å². The molecule has 1 aliphatic carbocycles. The smallest absolute Gasteiger partial charge is 0.115 e. The molecular formula is C10H14N2. The molecule has 1 heterocycles. The first-order valence-corrected chi connectivity index (χ1v) is 4.38. The van der Waals surface area contributed by atoms with E-state index in [0.29, 0.717) is 11.3 Å². The largest absolute Gasteiger partial charge is 0.245 e. The molecule has 0 aliphatic heterocycles. The van der Waals surface area contributed by atoms with Crippen molar-refractivity contribution in [1.82, 2.24) is 9.97 Å². The predicted molar refractivity (Wildman–Crippen MR) is 47.9 cm³/mol. The summed E-state index contributed by atoms with van der Waals surface area (Å²) in [7, 11) is 0. The topological polar surface area (TPSA) is 25.8 Å². The first-order chi connectivity index (χ1) is 5.59. The maximum absolute atomic E-state index is 4.30. The summed E-state index contributed by atoms with van der Waals surface area (Å²) in [5.74, 6) is 0.635. The summed E-state index contributed by atoms with van der Waals surface area (Å²) in [5, 5.41) is 0. The molecule has 0 radical (unpaired) electrons. The van der Waals surface area contributed by atoms with Crippen molar-refractivity contribution in [3.63, 3.8) is 0 Å². The lowest BCUT2D eigenvalue weighted by Gasteiger charge is -2.38. The van der Waals surface area contributed by atoms with E-state index < -0.39 is 0 Å². The number of hydrogen-bond acceptors (Lipinski definition) is 2. The van der Waals surface area contributed by atoms with Crippen molar-refractivity contribution in [1.29, 1.82) is 0 Å². The summed E-state index contributed by atoms with van der Waals surface area (Å²) in [6, 6.07) is 0. The van der Waals surface area contributed by atoms with Gasteiger partial charge >= 0.3 is 0 Å². The summed E-state index contributed by atoms with van der Waals surface area (Å²) in [5.41, 5.74) is 2.94. The van der Waals surface area contributed by atoms with Crippen molar-refractivity contribution < 1.29 is 0 Å². The molecule has 0 bridgehead atoms. The molecular weight excluding hydrogens is 148 g/mol. The molecule has 0 amide bonds. The van der Waals surface area contributed by atoms with Gasteiger partial charge < -0.3 is 0 Å².